The van der Waals surface area contributed by atoms with E-state index < -0.39 is 0 Å². The van der Waals surface area contributed by atoms with Crippen LogP contribution in [0.4, 0.5) is 0 Å². The summed E-state index contributed by atoms with van der Waals surface area (Å²) in [5.74, 6) is 2.41. The molecule has 4 aromatic rings. The molecule has 1 aliphatic heterocycles. The highest BCUT2D eigenvalue weighted by atomic mass is 32.1. The third-order valence-electron chi connectivity index (χ3n) is 6.44. The second-order valence-corrected chi connectivity index (χ2v) is 9.73. The number of fused-ring (bicyclic) bond motifs is 1. The predicted octanol–water partition coefficient (Wildman–Crippen LogP) is 5.25. The van der Waals surface area contributed by atoms with Crippen LogP contribution in [0, 0.1) is 12.8 Å². The average Bonchev–Trinajstić information content (AvgIpc) is 3.34. The van der Waals surface area contributed by atoms with Crippen molar-refractivity contribution in [2.45, 2.75) is 39.2 Å². The molecule has 33 heavy (non-hydrogen) atoms. The molecule has 0 radical (unpaired) electrons. The van der Waals surface area contributed by atoms with E-state index in [1.807, 2.05) is 26.0 Å². The monoisotopic (exact) mass is 462 g/mol. The largest absolute Gasteiger partial charge is 0.494 e. The number of hydrogen-bond acceptors (Lipinski definition) is 6. The fraction of sp³-hybridized carbons (Fsp3) is 0.385. The molecule has 0 spiro atoms. The van der Waals surface area contributed by atoms with Crippen LogP contribution >= 0.6 is 11.3 Å². The minimum Gasteiger partial charge on any atom is -0.494 e. The maximum Gasteiger partial charge on any atom is 0.230 e. The molecule has 0 saturated carbocycles. The topological polar surface area (TPSA) is 62.9 Å². The van der Waals surface area contributed by atoms with Crippen molar-refractivity contribution in [3.63, 3.8) is 0 Å². The van der Waals surface area contributed by atoms with Gasteiger partial charge in [0.2, 0.25) is 10.8 Å². The first kappa shape index (κ1) is 21.9. The van der Waals surface area contributed by atoms with Crippen molar-refractivity contribution < 1.29 is 9.84 Å². The maximum atomic E-state index is 11.1. The van der Waals surface area contributed by atoms with E-state index >= 15 is 0 Å². The van der Waals surface area contributed by atoms with Crippen LogP contribution in [-0.4, -0.2) is 44.3 Å². The number of hydrogen-bond donors (Lipinski definition) is 1. The number of aromatic hydroxyl groups is 1. The Morgan fingerprint density at radius 1 is 1.09 bits per heavy atom. The Morgan fingerprint density at radius 2 is 1.82 bits per heavy atom. The van der Waals surface area contributed by atoms with Gasteiger partial charge in [0.05, 0.1) is 17.5 Å². The van der Waals surface area contributed by atoms with Gasteiger partial charge in [-0.15, -0.1) is 5.10 Å². The van der Waals surface area contributed by atoms with Gasteiger partial charge in [0.1, 0.15) is 11.6 Å². The smallest absolute Gasteiger partial charge is 0.230 e. The Kier molecular flexibility index (Phi) is 6.33. The van der Waals surface area contributed by atoms with Gasteiger partial charge in [0.25, 0.3) is 0 Å². The van der Waals surface area contributed by atoms with E-state index in [9.17, 15) is 5.11 Å². The van der Waals surface area contributed by atoms with E-state index in [0.717, 1.165) is 53.5 Å². The molecule has 2 aromatic heterocycles. The summed E-state index contributed by atoms with van der Waals surface area (Å²) in [4.78, 5) is 8.61. The third kappa shape index (κ3) is 4.61. The van der Waals surface area contributed by atoms with E-state index in [1.54, 1.807) is 4.52 Å². The number of likely N-dealkylation sites (tertiary alicyclic amines) is 1. The van der Waals surface area contributed by atoms with Crippen LogP contribution in [-0.2, 0) is 6.42 Å². The molecule has 1 unspecified atom stereocenters. The van der Waals surface area contributed by atoms with Crippen molar-refractivity contribution in [1.82, 2.24) is 19.5 Å². The van der Waals surface area contributed by atoms with Crippen molar-refractivity contribution in [3.05, 3.63) is 76.4 Å². The summed E-state index contributed by atoms with van der Waals surface area (Å²) in [5.41, 5.74) is 2.56. The van der Waals surface area contributed by atoms with Gasteiger partial charge in [-0.25, -0.2) is 4.98 Å². The molecule has 1 atom stereocenters. The lowest BCUT2D eigenvalue weighted by atomic mass is 9.89. The van der Waals surface area contributed by atoms with Crippen molar-refractivity contribution in [2.75, 3.05) is 19.7 Å². The molecule has 1 aliphatic rings. The predicted molar refractivity (Wildman–Crippen MR) is 131 cm³/mol. The third-order valence-corrected chi connectivity index (χ3v) is 7.51. The molecule has 1 fully saturated rings. The average molecular weight is 463 g/mol. The van der Waals surface area contributed by atoms with Gasteiger partial charge in [0, 0.05) is 0 Å². The van der Waals surface area contributed by atoms with Crippen LogP contribution in [0.2, 0.25) is 0 Å². The van der Waals surface area contributed by atoms with Gasteiger partial charge in [-0.05, 0) is 75.4 Å². The molecule has 0 bridgehead atoms. The van der Waals surface area contributed by atoms with Crippen LogP contribution in [0.1, 0.15) is 47.6 Å². The number of thiazole rings is 1. The van der Waals surface area contributed by atoms with Crippen molar-refractivity contribution in [2.24, 2.45) is 5.92 Å². The fourth-order valence-electron chi connectivity index (χ4n) is 4.83. The van der Waals surface area contributed by atoms with Crippen LogP contribution in [0.15, 0.2) is 54.6 Å². The number of piperidine rings is 1. The quantitative estimate of drug-likeness (QED) is 0.407. The van der Waals surface area contributed by atoms with E-state index in [4.69, 9.17) is 4.74 Å². The molecule has 1 N–H and O–H groups in total. The number of nitrogens with zero attached hydrogens (tertiary/aromatic N) is 4. The van der Waals surface area contributed by atoms with Crippen molar-refractivity contribution in [1.29, 1.82) is 0 Å². The van der Waals surface area contributed by atoms with Gasteiger partial charge >= 0.3 is 0 Å². The van der Waals surface area contributed by atoms with E-state index in [1.165, 1.54) is 16.9 Å². The summed E-state index contributed by atoms with van der Waals surface area (Å²) in [7, 11) is 0. The Labute approximate surface area is 198 Å². The number of ether oxygens (including phenoxy) is 1. The Morgan fingerprint density at radius 3 is 2.48 bits per heavy atom. The zero-order chi connectivity index (χ0) is 22.8. The van der Waals surface area contributed by atoms with Crippen molar-refractivity contribution >= 4 is 16.3 Å². The number of aryl methyl sites for hydroxylation is 1. The second-order valence-electron chi connectivity index (χ2n) is 8.72. The van der Waals surface area contributed by atoms with Crippen LogP contribution in [0.3, 0.4) is 0 Å². The van der Waals surface area contributed by atoms with E-state index in [2.05, 4.69) is 57.4 Å². The van der Waals surface area contributed by atoms with E-state index in [-0.39, 0.29) is 11.9 Å². The first-order valence-corrected chi connectivity index (χ1v) is 12.5. The minimum absolute atomic E-state index is 0.0350. The summed E-state index contributed by atoms with van der Waals surface area (Å²) in [6.45, 7) is 6.46. The molecule has 7 heteroatoms. The fourth-order valence-corrected chi connectivity index (χ4v) is 5.99. The summed E-state index contributed by atoms with van der Waals surface area (Å²) < 4.78 is 7.22. The van der Waals surface area contributed by atoms with Gasteiger partial charge < -0.3 is 9.84 Å². The number of benzene rings is 2. The summed E-state index contributed by atoms with van der Waals surface area (Å²) in [5, 5.41) is 15.4. The Hall–Kier alpha value is -2.90. The molecule has 2 aromatic carbocycles. The highest BCUT2D eigenvalue weighted by Crippen LogP contribution is 2.41. The first-order valence-electron chi connectivity index (χ1n) is 11.7. The molecule has 1 saturated heterocycles. The molecule has 3 heterocycles. The van der Waals surface area contributed by atoms with Crippen molar-refractivity contribution in [3.8, 4) is 11.6 Å². The van der Waals surface area contributed by atoms with Gasteiger partial charge in [-0.1, -0.05) is 53.8 Å². The minimum atomic E-state index is -0.0350. The van der Waals surface area contributed by atoms with Crippen LogP contribution in [0.25, 0.3) is 4.96 Å². The van der Waals surface area contributed by atoms with E-state index in [0.29, 0.717) is 18.3 Å². The Balaban J connectivity index is 1.41. The maximum absolute atomic E-state index is 11.1. The second kappa shape index (κ2) is 9.53. The van der Waals surface area contributed by atoms with Crippen LogP contribution < -0.4 is 4.74 Å². The number of rotatable bonds is 7. The molecule has 5 rings (SSSR count). The zero-order valence-corrected chi connectivity index (χ0v) is 20.0. The summed E-state index contributed by atoms with van der Waals surface area (Å²) in [6, 6.07) is 19.0. The highest BCUT2D eigenvalue weighted by molar-refractivity contribution is 7.17. The molecule has 0 amide bonds. The van der Waals surface area contributed by atoms with Gasteiger partial charge in [-0.2, -0.15) is 4.52 Å². The molecular weight excluding hydrogens is 432 g/mol. The highest BCUT2D eigenvalue weighted by Gasteiger charge is 2.32. The van der Waals surface area contributed by atoms with Gasteiger partial charge in [0.15, 0.2) is 0 Å². The lowest BCUT2D eigenvalue weighted by Gasteiger charge is -2.37. The summed E-state index contributed by atoms with van der Waals surface area (Å²) in [6.07, 6.45) is 3.41. The molecule has 172 valence electrons. The molecule has 6 nitrogen and oxygen atoms in total. The SMILES string of the molecule is CCOc1ccc(C(c2sc3nc(C)nn3c2O)N2CCC(Cc3ccccc3)CC2)cc1. The molecular formula is C26H30N4O2S. The lowest BCUT2D eigenvalue weighted by Crippen LogP contribution is -2.37. The number of aromatic nitrogens is 3. The standard InChI is InChI=1S/C26H30N4O2S/c1-3-32-22-11-9-21(10-12-22)23(24-25(31)30-26(33-24)27-18(2)28-30)29-15-13-20(14-16-29)17-19-7-5-4-6-8-19/h4-12,20,23,31H,3,13-17H2,1-2H3. The zero-order valence-electron chi connectivity index (χ0n) is 19.1. The first-order chi connectivity index (χ1) is 16.1. The Bertz CT molecular complexity index is 1190. The molecule has 0 aliphatic carbocycles. The lowest BCUT2D eigenvalue weighted by molar-refractivity contribution is 0.150. The van der Waals surface area contributed by atoms with Gasteiger partial charge in [-0.3, -0.25) is 4.90 Å². The normalized spacial score (nSPS) is 16.3. The van der Waals surface area contributed by atoms with Crippen LogP contribution in [0.5, 0.6) is 11.6 Å². The summed E-state index contributed by atoms with van der Waals surface area (Å²) >= 11 is 1.53.